The Hall–Kier alpha value is -2.82. The second-order valence-electron chi connectivity index (χ2n) is 4.73. The van der Waals surface area contributed by atoms with Crippen molar-refractivity contribution in [3.63, 3.8) is 0 Å². The first kappa shape index (κ1) is 14.6. The first-order valence-electron chi connectivity index (χ1n) is 6.54. The van der Waals surface area contributed by atoms with Crippen LogP contribution < -0.4 is 16.8 Å². The predicted molar refractivity (Wildman–Crippen MR) is 81.1 cm³/mol. The highest BCUT2D eigenvalue weighted by Crippen LogP contribution is 2.13. The minimum absolute atomic E-state index is 0.164. The van der Waals surface area contributed by atoms with E-state index in [1.807, 2.05) is 6.07 Å². The number of benzene rings is 2. The summed E-state index contributed by atoms with van der Waals surface area (Å²) in [5.74, 6) is -0.862. The van der Waals surface area contributed by atoms with Crippen LogP contribution in [-0.2, 0) is 16.0 Å². The van der Waals surface area contributed by atoms with E-state index in [9.17, 15) is 9.59 Å². The SMILES string of the molecule is NC(=O)C(NC(=O)Cc1ccc(N)cc1)c1ccccc1. The molecule has 5 heteroatoms. The molecule has 2 aromatic rings. The monoisotopic (exact) mass is 283 g/mol. The number of amides is 2. The Labute approximate surface area is 123 Å². The molecule has 1 atom stereocenters. The van der Waals surface area contributed by atoms with E-state index in [-0.39, 0.29) is 12.3 Å². The first-order chi connectivity index (χ1) is 10.1. The molecule has 0 radical (unpaired) electrons. The van der Waals surface area contributed by atoms with Crippen molar-refractivity contribution in [2.75, 3.05) is 5.73 Å². The van der Waals surface area contributed by atoms with E-state index in [4.69, 9.17) is 11.5 Å². The van der Waals surface area contributed by atoms with Crippen molar-refractivity contribution in [3.8, 4) is 0 Å². The van der Waals surface area contributed by atoms with Crippen LogP contribution in [0.1, 0.15) is 17.2 Å². The Balaban J connectivity index is 2.05. The largest absolute Gasteiger partial charge is 0.399 e. The van der Waals surface area contributed by atoms with Crippen molar-refractivity contribution < 1.29 is 9.59 Å². The number of rotatable bonds is 5. The number of primary amides is 1. The quantitative estimate of drug-likeness (QED) is 0.718. The molecule has 0 aliphatic heterocycles. The Morgan fingerprint density at radius 3 is 2.19 bits per heavy atom. The summed E-state index contributed by atoms with van der Waals surface area (Å²) in [5, 5.41) is 2.65. The lowest BCUT2D eigenvalue weighted by Gasteiger charge is -2.16. The Kier molecular flexibility index (Phi) is 4.56. The summed E-state index contributed by atoms with van der Waals surface area (Å²) in [6.07, 6.45) is 0.164. The molecule has 0 heterocycles. The highest BCUT2D eigenvalue weighted by atomic mass is 16.2. The smallest absolute Gasteiger partial charge is 0.244 e. The van der Waals surface area contributed by atoms with Crippen LogP contribution in [0.3, 0.4) is 0 Å². The van der Waals surface area contributed by atoms with Gasteiger partial charge in [0.15, 0.2) is 0 Å². The highest BCUT2D eigenvalue weighted by Gasteiger charge is 2.19. The number of nitrogen functional groups attached to an aromatic ring is 1. The summed E-state index contributed by atoms with van der Waals surface area (Å²) in [6.45, 7) is 0. The highest BCUT2D eigenvalue weighted by molar-refractivity contribution is 5.88. The normalized spacial score (nSPS) is 11.6. The summed E-state index contributed by atoms with van der Waals surface area (Å²) < 4.78 is 0. The summed E-state index contributed by atoms with van der Waals surface area (Å²) >= 11 is 0. The molecule has 0 aromatic heterocycles. The molecule has 0 bridgehead atoms. The van der Waals surface area contributed by atoms with Gasteiger partial charge in [-0.25, -0.2) is 0 Å². The second-order valence-corrected chi connectivity index (χ2v) is 4.73. The molecule has 21 heavy (non-hydrogen) atoms. The van der Waals surface area contributed by atoms with Gasteiger partial charge in [0.25, 0.3) is 0 Å². The van der Waals surface area contributed by atoms with Crippen molar-refractivity contribution in [2.45, 2.75) is 12.5 Å². The number of nitrogens with one attached hydrogen (secondary N) is 1. The van der Waals surface area contributed by atoms with Gasteiger partial charge in [0.1, 0.15) is 6.04 Å². The van der Waals surface area contributed by atoms with Crippen molar-refractivity contribution in [3.05, 3.63) is 65.7 Å². The van der Waals surface area contributed by atoms with Gasteiger partial charge in [0, 0.05) is 5.69 Å². The minimum atomic E-state index is -0.826. The zero-order valence-corrected chi connectivity index (χ0v) is 11.5. The molecule has 0 aliphatic rings. The van der Waals surface area contributed by atoms with E-state index >= 15 is 0 Å². The predicted octanol–water partition coefficient (Wildman–Crippen LogP) is 1.15. The number of hydrogen-bond acceptors (Lipinski definition) is 3. The number of hydrogen-bond donors (Lipinski definition) is 3. The molecule has 1 unspecified atom stereocenters. The fraction of sp³-hybridized carbons (Fsp3) is 0.125. The number of carbonyl (C=O) groups excluding carboxylic acids is 2. The van der Waals surface area contributed by atoms with E-state index in [2.05, 4.69) is 5.32 Å². The molecule has 5 nitrogen and oxygen atoms in total. The molecule has 2 rings (SSSR count). The van der Waals surface area contributed by atoms with E-state index in [0.717, 1.165) is 5.56 Å². The van der Waals surface area contributed by atoms with Crippen LogP contribution in [0.5, 0.6) is 0 Å². The molecule has 0 aliphatic carbocycles. The molecule has 0 saturated carbocycles. The molecule has 2 amide bonds. The maximum atomic E-state index is 12.0. The lowest BCUT2D eigenvalue weighted by atomic mass is 10.1. The third kappa shape index (κ3) is 4.07. The summed E-state index contributed by atoms with van der Waals surface area (Å²) in [5.41, 5.74) is 13.1. The summed E-state index contributed by atoms with van der Waals surface area (Å²) in [4.78, 5) is 23.6. The van der Waals surface area contributed by atoms with Gasteiger partial charge in [-0.3, -0.25) is 9.59 Å². The fourth-order valence-corrected chi connectivity index (χ4v) is 2.00. The molecule has 108 valence electrons. The van der Waals surface area contributed by atoms with Crippen molar-refractivity contribution in [1.29, 1.82) is 0 Å². The van der Waals surface area contributed by atoms with Crippen LogP contribution in [0.2, 0.25) is 0 Å². The van der Waals surface area contributed by atoms with Gasteiger partial charge in [-0.05, 0) is 23.3 Å². The summed E-state index contributed by atoms with van der Waals surface area (Å²) in [6, 6.07) is 15.1. The molecular formula is C16H17N3O2. The van der Waals surface area contributed by atoms with Crippen molar-refractivity contribution in [2.24, 2.45) is 5.73 Å². The average molecular weight is 283 g/mol. The lowest BCUT2D eigenvalue weighted by Crippen LogP contribution is -2.38. The summed E-state index contributed by atoms with van der Waals surface area (Å²) in [7, 11) is 0. The van der Waals surface area contributed by atoms with Gasteiger partial charge in [-0.15, -0.1) is 0 Å². The average Bonchev–Trinajstić information content (AvgIpc) is 2.48. The van der Waals surface area contributed by atoms with Gasteiger partial charge in [-0.2, -0.15) is 0 Å². The van der Waals surface area contributed by atoms with Crippen LogP contribution in [0.15, 0.2) is 54.6 Å². The Bertz CT molecular complexity index is 624. The zero-order chi connectivity index (χ0) is 15.2. The van der Waals surface area contributed by atoms with Crippen LogP contribution in [0.4, 0.5) is 5.69 Å². The molecule has 0 fully saturated rings. The number of nitrogens with two attached hydrogens (primary N) is 2. The van der Waals surface area contributed by atoms with Crippen molar-refractivity contribution in [1.82, 2.24) is 5.32 Å². The Morgan fingerprint density at radius 2 is 1.62 bits per heavy atom. The van der Waals surface area contributed by atoms with Gasteiger partial charge in [0.05, 0.1) is 6.42 Å². The van der Waals surface area contributed by atoms with Crippen LogP contribution in [-0.4, -0.2) is 11.8 Å². The second kappa shape index (κ2) is 6.56. The van der Waals surface area contributed by atoms with Crippen molar-refractivity contribution >= 4 is 17.5 Å². The number of carbonyl (C=O) groups is 2. The molecule has 2 aromatic carbocycles. The third-order valence-corrected chi connectivity index (χ3v) is 3.07. The molecule has 0 saturated heterocycles. The fourth-order valence-electron chi connectivity index (χ4n) is 2.00. The number of anilines is 1. The molecule has 0 spiro atoms. The van der Waals surface area contributed by atoms with E-state index < -0.39 is 11.9 Å². The van der Waals surface area contributed by atoms with Crippen LogP contribution in [0.25, 0.3) is 0 Å². The maximum absolute atomic E-state index is 12.0. The van der Waals surface area contributed by atoms with E-state index in [1.165, 1.54) is 0 Å². The molecule has 5 N–H and O–H groups in total. The maximum Gasteiger partial charge on any atom is 0.244 e. The van der Waals surface area contributed by atoms with Crippen LogP contribution in [0, 0.1) is 0 Å². The minimum Gasteiger partial charge on any atom is -0.399 e. The molecular weight excluding hydrogens is 266 g/mol. The van der Waals surface area contributed by atoms with E-state index in [0.29, 0.717) is 11.3 Å². The van der Waals surface area contributed by atoms with E-state index in [1.54, 1.807) is 48.5 Å². The zero-order valence-electron chi connectivity index (χ0n) is 11.5. The standard InChI is InChI=1S/C16H17N3O2/c17-13-8-6-11(7-9-13)10-14(20)19-15(16(18)21)12-4-2-1-3-5-12/h1-9,15H,10,17H2,(H2,18,21)(H,19,20). The first-order valence-corrected chi connectivity index (χ1v) is 6.54. The van der Waals surface area contributed by atoms with Gasteiger partial charge >= 0.3 is 0 Å². The van der Waals surface area contributed by atoms with Gasteiger partial charge in [-0.1, -0.05) is 42.5 Å². The van der Waals surface area contributed by atoms with Gasteiger partial charge < -0.3 is 16.8 Å². The lowest BCUT2D eigenvalue weighted by molar-refractivity contribution is -0.127. The van der Waals surface area contributed by atoms with Gasteiger partial charge in [0.2, 0.25) is 11.8 Å². The Morgan fingerprint density at radius 1 is 1.00 bits per heavy atom. The third-order valence-electron chi connectivity index (χ3n) is 3.07. The topological polar surface area (TPSA) is 98.2 Å². The van der Waals surface area contributed by atoms with Crippen LogP contribution >= 0.6 is 0 Å².